The van der Waals surface area contributed by atoms with Gasteiger partial charge in [-0.2, -0.15) is 0 Å². The SMILES string of the molecule is CCC1=CC=C2C=Cc3occc3[C@H]2C1. The molecular formula is C14H14O. The lowest BCUT2D eigenvalue weighted by atomic mass is 9.79. The van der Waals surface area contributed by atoms with E-state index in [2.05, 4.69) is 37.3 Å². The molecule has 0 fully saturated rings. The van der Waals surface area contributed by atoms with Crippen molar-refractivity contribution in [2.75, 3.05) is 0 Å². The van der Waals surface area contributed by atoms with Gasteiger partial charge in [0.1, 0.15) is 5.76 Å². The van der Waals surface area contributed by atoms with Crippen LogP contribution in [-0.2, 0) is 0 Å². The lowest BCUT2D eigenvalue weighted by Crippen LogP contribution is -2.09. The maximum atomic E-state index is 5.44. The Labute approximate surface area is 89.8 Å². The molecule has 1 aromatic rings. The van der Waals surface area contributed by atoms with Gasteiger partial charge in [0.15, 0.2) is 0 Å². The van der Waals surface area contributed by atoms with Crippen molar-refractivity contribution in [2.24, 2.45) is 0 Å². The summed E-state index contributed by atoms with van der Waals surface area (Å²) in [7, 11) is 0. The lowest BCUT2D eigenvalue weighted by Gasteiger charge is -2.25. The van der Waals surface area contributed by atoms with Gasteiger partial charge in [0.05, 0.1) is 6.26 Å². The third-order valence-electron chi connectivity index (χ3n) is 3.36. The van der Waals surface area contributed by atoms with E-state index in [0.29, 0.717) is 5.92 Å². The monoisotopic (exact) mass is 198 g/mol. The molecule has 1 heteroatoms. The molecule has 15 heavy (non-hydrogen) atoms. The van der Waals surface area contributed by atoms with Crippen LogP contribution in [0, 0.1) is 0 Å². The number of rotatable bonds is 1. The van der Waals surface area contributed by atoms with Crippen LogP contribution in [0.3, 0.4) is 0 Å². The fourth-order valence-electron chi connectivity index (χ4n) is 2.43. The molecule has 1 nitrogen and oxygen atoms in total. The van der Waals surface area contributed by atoms with E-state index in [4.69, 9.17) is 4.42 Å². The standard InChI is InChI=1S/C14H14O/c1-2-10-3-4-11-5-6-14-12(7-8-15-14)13(11)9-10/h3-8,13H,2,9H2,1H3/t13-/m0/s1. The van der Waals surface area contributed by atoms with Crippen molar-refractivity contribution in [3.05, 3.63) is 53.0 Å². The molecule has 0 N–H and O–H groups in total. The molecular weight excluding hydrogens is 184 g/mol. The molecule has 0 saturated heterocycles. The first kappa shape index (κ1) is 8.78. The molecule has 0 unspecified atom stereocenters. The maximum Gasteiger partial charge on any atom is 0.130 e. The number of hydrogen-bond acceptors (Lipinski definition) is 1. The van der Waals surface area contributed by atoms with Gasteiger partial charge in [0.25, 0.3) is 0 Å². The van der Waals surface area contributed by atoms with Crippen LogP contribution in [0.25, 0.3) is 6.08 Å². The second-order valence-corrected chi connectivity index (χ2v) is 4.18. The molecule has 0 amide bonds. The Bertz CT molecular complexity index is 471. The predicted octanol–water partition coefficient (Wildman–Crippen LogP) is 4.06. The zero-order chi connectivity index (χ0) is 10.3. The highest BCUT2D eigenvalue weighted by Gasteiger charge is 2.25. The van der Waals surface area contributed by atoms with Gasteiger partial charge in [0, 0.05) is 11.5 Å². The Morgan fingerprint density at radius 2 is 2.27 bits per heavy atom. The molecule has 0 aromatic carbocycles. The van der Waals surface area contributed by atoms with Crippen molar-refractivity contribution in [1.29, 1.82) is 0 Å². The minimum Gasteiger partial charge on any atom is -0.465 e. The molecule has 0 bridgehead atoms. The smallest absolute Gasteiger partial charge is 0.130 e. The Morgan fingerprint density at radius 3 is 3.13 bits per heavy atom. The number of hydrogen-bond donors (Lipinski definition) is 0. The molecule has 2 aliphatic carbocycles. The summed E-state index contributed by atoms with van der Waals surface area (Å²) in [5.41, 5.74) is 4.30. The van der Waals surface area contributed by atoms with Gasteiger partial charge in [-0.25, -0.2) is 0 Å². The van der Waals surface area contributed by atoms with Crippen LogP contribution in [0.5, 0.6) is 0 Å². The molecule has 0 radical (unpaired) electrons. The summed E-state index contributed by atoms with van der Waals surface area (Å²) in [6.07, 6.45) is 12.9. The van der Waals surface area contributed by atoms with Crippen molar-refractivity contribution in [1.82, 2.24) is 0 Å². The molecule has 1 heterocycles. The fourth-order valence-corrected chi connectivity index (χ4v) is 2.43. The molecule has 76 valence electrons. The van der Waals surface area contributed by atoms with E-state index in [1.807, 2.05) is 0 Å². The van der Waals surface area contributed by atoms with Crippen LogP contribution < -0.4 is 0 Å². The molecule has 1 atom stereocenters. The van der Waals surface area contributed by atoms with Crippen LogP contribution in [0.1, 0.15) is 37.0 Å². The molecule has 0 spiro atoms. The largest absolute Gasteiger partial charge is 0.465 e. The van der Waals surface area contributed by atoms with Crippen LogP contribution in [0.4, 0.5) is 0 Å². The quantitative estimate of drug-likeness (QED) is 0.663. The second kappa shape index (κ2) is 3.27. The first-order valence-electron chi connectivity index (χ1n) is 5.53. The molecule has 1 aromatic heterocycles. The van der Waals surface area contributed by atoms with Crippen molar-refractivity contribution in [3.8, 4) is 0 Å². The number of allylic oxidation sites excluding steroid dienone is 5. The van der Waals surface area contributed by atoms with E-state index in [0.717, 1.165) is 18.6 Å². The van der Waals surface area contributed by atoms with E-state index in [1.165, 1.54) is 16.7 Å². The Kier molecular flexibility index (Phi) is 1.91. The summed E-state index contributed by atoms with van der Waals surface area (Å²) < 4.78 is 5.44. The van der Waals surface area contributed by atoms with E-state index in [1.54, 1.807) is 6.26 Å². The Morgan fingerprint density at radius 1 is 1.33 bits per heavy atom. The summed E-state index contributed by atoms with van der Waals surface area (Å²) in [5.74, 6) is 1.57. The number of fused-ring (bicyclic) bond motifs is 3. The lowest BCUT2D eigenvalue weighted by molar-refractivity contribution is 0.547. The summed E-state index contributed by atoms with van der Waals surface area (Å²) >= 11 is 0. The van der Waals surface area contributed by atoms with E-state index in [-0.39, 0.29) is 0 Å². The highest BCUT2D eigenvalue weighted by Crippen LogP contribution is 2.41. The first-order valence-corrected chi connectivity index (χ1v) is 5.53. The van der Waals surface area contributed by atoms with E-state index in [9.17, 15) is 0 Å². The number of furan rings is 1. The minimum absolute atomic E-state index is 0.531. The predicted molar refractivity (Wildman–Crippen MR) is 61.6 cm³/mol. The van der Waals surface area contributed by atoms with Crippen molar-refractivity contribution < 1.29 is 4.42 Å². The van der Waals surface area contributed by atoms with Crippen LogP contribution in [0.15, 0.2) is 46.1 Å². The summed E-state index contributed by atoms with van der Waals surface area (Å²) in [5, 5.41) is 0. The van der Waals surface area contributed by atoms with Gasteiger partial charge < -0.3 is 4.42 Å². The minimum atomic E-state index is 0.531. The van der Waals surface area contributed by atoms with Gasteiger partial charge in [-0.15, -0.1) is 0 Å². The molecule has 0 saturated carbocycles. The normalized spacial score (nSPS) is 22.9. The third kappa shape index (κ3) is 1.30. The summed E-state index contributed by atoms with van der Waals surface area (Å²) in [4.78, 5) is 0. The second-order valence-electron chi connectivity index (χ2n) is 4.18. The summed E-state index contributed by atoms with van der Waals surface area (Å²) in [6.45, 7) is 2.22. The van der Waals surface area contributed by atoms with Gasteiger partial charge in [-0.3, -0.25) is 0 Å². The topological polar surface area (TPSA) is 13.1 Å². The Hall–Kier alpha value is -1.50. The molecule has 0 aliphatic heterocycles. The fraction of sp³-hybridized carbons (Fsp3) is 0.286. The molecule has 2 aliphatic rings. The van der Waals surface area contributed by atoms with Crippen molar-refractivity contribution in [2.45, 2.75) is 25.7 Å². The van der Waals surface area contributed by atoms with Crippen molar-refractivity contribution >= 4 is 6.08 Å². The van der Waals surface area contributed by atoms with Crippen LogP contribution in [-0.4, -0.2) is 0 Å². The average Bonchev–Trinajstić information content (AvgIpc) is 2.76. The van der Waals surface area contributed by atoms with E-state index >= 15 is 0 Å². The van der Waals surface area contributed by atoms with E-state index < -0.39 is 0 Å². The average molecular weight is 198 g/mol. The van der Waals surface area contributed by atoms with Gasteiger partial charge in [0.2, 0.25) is 0 Å². The zero-order valence-electron chi connectivity index (χ0n) is 8.86. The van der Waals surface area contributed by atoms with Gasteiger partial charge >= 0.3 is 0 Å². The zero-order valence-corrected chi connectivity index (χ0v) is 8.86. The van der Waals surface area contributed by atoms with Crippen LogP contribution in [0.2, 0.25) is 0 Å². The Balaban J connectivity index is 2.06. The third-order valence-corrected chi connectivity index (χ3v) is 3.36. The first-order chi connectivity index (χ1) is 7.38. The molecule has 3 rings (SSSR count). The maximum absolute atomic E-state index is 5.44. The van der Waals surface area contributed by atoms with Crippen LogP contribution >= 0.6 is 0 Å². The van der Waals surface area contributed by atoms with Crippen molar-refractivity contribution in [3.63, 3.8) is 0 Å². The van der Waals surface area contributed by atoms with Gasteiger partial charge in [-0.05, 0) is 30.6 Å². The highest BCUT2D eigenvalue weighted by molar-refractivity contribution is 5.62. The summed E-state index contributed by atoms with van der Waals surface area (Å²) in [6, 6.07) is 2.11. The van der Waals surface area contributed by atoms with Gasteiger partial charge in [-0.1, -0.05) is 30.7 Å². The highest BCUT2D eigenvalue weighted by atomic mass is 16.3.